The molecule has 2 rings (SSSR count). The van der Waals surface area contributed by atoms with Gasteiger partial charge in [0, 0.05) is 19.4 Å². The number of ether oxygens (including phenoxy) is 2. The highest BCUT2D eigenvalue weighted by Crippen LogP contribution is 2.40. The summed E-state index contributed by atoms with van der Waals surface area (Å²) in [5.74, 6) is -1.29. The molecular formula is C14H16O4. The zero-order valence-corrected chi connectivity index (χ0v) is 10.7. The maximum absolute atomic E-state index is 11.9. The Labute approximate surface area is 106 Å². The SMILES string of the molecule is C=CCc1c(C)cc2c(c1O)C(=O)OC(C)(C)O2. The minimum atomic E-state index is -1.01. The molecule has 1 aromatic carbocycles. The second-order valence-electron chi connectivity index (χ2n) is 4.78. The maximum atomic E-state index is 11.9. The van der Waals surface area contributed by atoms with Gasteiger partial charge in [-0.1, -0.05) is 6.08 Å². The molecule has 0 aliphatic carbocycles. The molecule has 0 amide bonds. The third-order valence-corrected chi connectivity index (χ3v) is 2.84. The van der Waals surface area contributed by atoms with Gasteiger partial charge in [-0.3, -0.25) is 0 Å². The molecule has 96 valence electrons. The van der Waals surface area contributed by atoms with E-state index < -0.39 is 11.8 Å². The Hall–Kier alpha value is -1.97. The molecule has 1 aliphatic heterocycles. The monoisotopic (exact) mass is 248 g/mol. The van der Waals surface area contributed by atoms with Gasteiger partial charge in [0.05, 0.1) is 0 Å². The number of carbonyl (C=O) groups is 1. The van der Waals surface area contributed by atoms with Gasteiger partial charge >= 0.3 is 5.97 Å². The molecule has 4 nitrogen and oxygen atoms in total. The summed E-state index contributed by atoms with van der Waals surface area (Å²) in [6, 6.07) is 1.75. The second kappa shape index (κ2) is 4.05. The largest absolute Gasteiger partial charge is 0.507 e. The van der Waals surface area contributed by atoms with Crippen molar-refractivity contribution in [3.63, 3.8) is 0 Å². The second-order valence-corrected chi connectivity index (χ2v) is 4.78. The Kier molecular flexibility index (Phi) is 2.81. The van der Waals surface area contributed by atoms with Gasteiger partial charge in [0.2, 0.25) is 5.79 Å². The van der Waals surface area contributed by atoms with Gasteiger partial charge in [0.25, 0.3) is 0 Å². The van der Waals surface area contributed by atoms with Gasteiger partial charge in [0.15, 0.2) is 0 Å². The number of hydrogen-bond acceptors (Lipinski definition) is 4. The molecule has 0 unspecified atom stereocenters. The number of aryl methyl sites for hydroxylation is 1. The van der Waals surface area contributed by atoms with Crippen molar-refractivity contribution in [1.82, 2.24) is 0 Å². The lowest BCUT2D eigenvalue weighted by Gasteiger charge is -2.32. The fraction of sp³-hybridized carbons (Fsp3) is 0.357. The van der Waals surface area contributed by atoms with Crippen LogP contribution in [0.1, 0.15) is 35.3 Å². The molecule has 0 aromatic heterocycles. The average molecular weight is 248 g/mol. The first-order valence-electron chi connectivity index (χ1n) is 5.74. The Bertz CT molecular complexity index is 529. The summed E-state index contributed by atoms with van der Waals surface area (Å²) >= 11 is 0. The first-order chi connectivity index (χ1) is 8.35. The van der Waals surface area contributed by atoms with Crippen LogP contribution in [0.2, 0.25) is 0 Å². The van der Waals surface area contributed by atoms with Gasteiger partial charge in [-0.25, -0.2) is 4.79 Å². The van der Waals surface area contributed by atoms with Gasteiger partial charge in [-0.15, -0.1) is 6.58 Å². The first kappa shape index (κ1) is 12.5. The molecule has 0 bridgehead atoms. The fourth-order valence-electron chi connectivity index (χ4n) is 2.05. The standard InChI is InChI=1S/C14H16O4/c1-5-6-9-8(2)7-10-11(12(9)15)13(16)18-14(3,4)17-10/h5,7,15H,1,6H2,2-4H3. The van der Waals surface area contributed by atoms with Gasteiger partial charge in [0.1, 0.15) is 17.1 Å². The molecule has 1 N–H and O–H groups in total. The summed E-state index contributed by atoms with van der Waals surface area (Å²) in [5, 5.41) is 10.2. The van der Waals surface area contributed by atoms with Gasteiger partial charge < -0.3 is 14.6 Å². The van der Waals surface area contributed by atoms with E-state index in [-0.39, 0.29) is 11.3 Å². The Morgan fingerprint density at radius 3 is 2.72 bits per heavy atom. The average Bonchev–Trinajstić information content (AvgIpc) is 2.21. The smallest absolute Gasteiger partial charge is 0.349 e. The van der Waals surface area contributed by atoms with E-state index in [1.807, 2.05) is 6.92 Å². The van der Waals surface area contributed by atoms with Crippen LogP contribution in [0.25, 0.3) is 0 Å². The summed E-state index contributed by atoms with van der Waals surface area (Å²) in [6.07, 6.45) is 2.16. The van der Waals surface area contributed by atoms with Crippen LogP contribution < -0.4 is 4.74 Å². The number of fused-ring (bicyclic) bond motifs is 1. The van der Waals surface area contributed by atoms with Crippen molar-refractivity contribution in [1.29, 1.82) is 0 Å². The maximum Gasteiger partial charge on any atom is 0.349 e. The van der Waals surface area contributed by atoms with E-state index in [9.17, 15) is 9.90 Å². The summed E-state index contributed by atoms with van der Waals surface area (Å²) in [5.41, 5.74) is 1.62. The summed E-state index contributed by atoms with van der Waals surface area (Å²) in [4.78, 5) is 11.9. The highest BCUT2D eigenvalue weighted by atomic mass is 16.7. The predicted molar refractivity (Wildman–Crippen MR) is 66.9 cm³/mol. The van der Waals surface area contributed by atoms with Gasteiger partial charge in [-0.05, 0) is 25.0 Å². The third kappa shape index (κ3) is 1.94. The van der Waals surface area contributed by atoms with E-state index in [0.29, 0.717) is 17.7 Å². The van der Waals surface area contributed by atoms with Crippen LogP contribution in [0.15, 0.2) is 18.7 Å². The minimum absolute atomic E-state index is 0.0783. The number of benzene rings is 1. The number of phenols is 1. The van der Waals surface area contributed by atoms with Gasteiger partial charge in [-0.2, -0.15) is 0 Å². The molecule has 0 spiro atoms. The topological polar surface area (TPSA) is 55.8 Å². The van der Waals surface area contributed by atoms with E-state index in [1.165, 1.54) is 0 Å². The fourth-order valence-corrected chi connectivity index (χ4v) is 2.05. The lowest BCUT2D eigenvalue weighted by molar-refractivity contribution is -0.127. The number of carbonyl (C=O) groups excluding carboxylic acids is 1. The molecule has 0 fully saturated rings. The quantitative estimate of drug-likeness (QED) is 0.645. The zero-order chi connectivity index (χ0) is 13.5. The number of hydrogen-bond donors (Lipinski definition) is 1. The van der Waals surface area contributed by atoms with Crippen LogP contribution in [-0.4, -0.2) is 16.9 Å². The summed E-state index contributed by atoms with van der Waals surface area (Å²) in [6.45, 7) is 8.79. The Morgan fingerprint density at radius 2 is 2.11 bits per heavy atom. The molecule has 1 aromatic rings. The van der Waals surface area contributed by atoms with Crippen molar-refractivity contribution in [3.8, 4) is 11.5 Å². The highest BCUT2D eigenvalue weighted by molar-refractivity contribution is 5.97. The number of aromatic hydroxyl groups is 1. The van der Waals surface area contributed by atoms with Crippen LogP contribution in [0.3, 0.4) is 0 Å². The molecule has 0 saturated heterocycles. The molecule has 1 heterocycles. The minimum Gasteiger partial charge on any atom is -0.507 e. The molecule has 18 heavy (non-hydrogen) atoms. The van der Waals surface area contributed by atoms with E-state index >= 15 is 0 Å². The summed E-state index contributed by atoms with van der Waals surface area (Å²) < 4.78 is 10.7. The van der Waals surface area contributed by atoms with E-state index in [0.717, 1.165) is 5.56 Å². The molecule has 4 heteroatoms. The Morgan fingerprint density at radius 1 is 1.44 bits per heavy atom. The number of cyclic esters (lactones) is 1. The van der Waals surface area contributed by atoms with Crippen LogP contribution in [0.5, 0.6) is 11.5 Å². The van der Waals surface area contributed by atoms with Crippen LogP contribution in [0, 0.1) is 6.92 Å². The molecule has 0 radical (unpaired) electrons. The van der Waals surface area contributed by atoms with Crippen molar-refractivity contribution in [2.45, 2.75) is 33.0 Å². The number of phenolic OH excluding ortho intramolecular Hbond substituents is 1. The molecular weight excluding hydrogens is 232 g/mol. The van der Waals surface area contributed by atoms with E-state index in [4.69, 9.17) is 9.47 Å². The van der Waals surface area contributed by atoms with E-state index in [2.05, 4.69) is 6.58 Å². The third-order valence-electron chi connectivity index (χ3n) is 2.84. The Balaban J connectivity index is 2.62. The number of allylic oxidation sites excluding steroid dienone is 1. The first-order valence-corrected chi connectivity index (χ1v) is 5.74. The lowest BCUT2D eigenvalue weighted by atomic mass is 9.98. The normalized spacial score (nSPS) is 16.5. The lowest BCUT2D eigenvalue weighted by Crippen LogP contribution is -2.39. The molecule has 0 atom stereocenters. The van der Waals surface area contributed by atoms with Crippen LogP contribution in [-0.2, 0) is 11.2 Å². The number of rotatable bonds is 2. The van der Waals surface area contributed by atoms with E-state index in [1.54, 1.807) is 26.0 Å². The van der Waals surface area contributed by atoms with Crippen LogP contribution in [0.4, 0.5) is 0 Å². The summed E-state index contributed by atoms with van der Waals surface area (Å²) in [7, 11) is 0. The molecule has 1 aliphatic rings. The van der Waals surface area contributed by atoms with Crippen molar-refractivity contribution in [3.05, 3.63) is 35.4 Å². The highest BCUT2D eigenvalue weighted by Gasteiger charge is 2.36. The predicted octanol–water partition coefficient (Wildman–Crippen LogP) is 2.71. The van der Waals surface area contributed by atoms with Crippen molar-refractivity contribution < 1.29 is 19.4 Å². The van der Waals surface area contributed by atoms with Crippen LogP contribution >= 0.6 is 0 Å². The van der Waals surface area contributed by atoms with Crippen molar-refractivity contribution >= 4 is 5.97 Å². The molecule has 0 saturated carbocycles. The number of esters is 1. The van der Waals surface area contributed by atoms with Crippen molar-refractivity contribution in [2.75, 3.05) is 0 Å². The zero-order valence-electron chi connectivity index (χ0n) is 10.7. The van der Waals surface area contributed by atoms with Crippen molar-refractivity contribution in [2.24, 2.45) is 0 Å².